The van der Waals surface area contributed by atoms with Crippen LogP contribution in [-0.4, -0.2) is 18.0 Å². The molecule has 0 unspecified atom stereocenters. The Morgan fingerprint density at radius 1 is 1.13 bits per heavy atom. The van der Waals surface area contributed by atoms with E-state index in [1.807, 2.05) is 30.3 Å². The van der Waals surface area contributed by atoms with E-state index in [-0.39, 0.29) is 18.0 Å². The van der Waals surface area contributed by atoms with E-state index in [9.17, 15) is 9.59 Å². The summed E-state index contributed by atoms with van der Waals surface area (Å²) < 4.78 is 5.36. The van der Waals surface area contributed by atoms with Crippen molar-refractivity contribution in [2.75, 3.05) is 5.32 Å². The Bertz CT molecular complexity index is 501. The number of unbranched alkanes of at least 4 members (excludes halogenated alkanes) is 5. The van der Waals surface area contributed by atoms with Gasteiger partial charge in [-0.3, -0.25) is 9.59 Å². The van der Waals surface area contributed by atoms with Crippen LogP contribution in [-0.2, 0) is 14.3 Å². The second-order valence-corrected chi connectivity index (χ2v) is 6.26. The highest BCUT2D eigenvalue weighted by molar-refractivity contribution is 6.05. The van der Waals surface area contributed by atoms with E-state index in [4.69, 9.17) is 4.74 Å². The molecule has 2 atom stereocenters. The Morgan fingerprint density at radius 2 is 1.83 bits per heavy atom. The van der Waals surface area contributed by atoms with E-state index in [1.165, 1.54) is 32.1 Å². The lowest BCUT2D eigenvalue weighted by Crippen LogP contribution is -2.26. The zero-order valence-corrected chi connectivity index (χ0v) is 13.9. The van der Waals surface area contributed by atoms with Crippen molar-refractivity contribution in [1.29, 1.82) is 0 Å². The molecule has 23 heavy (non-hydrogen) atoms. The lowest BCUT2D eigenvalue weighted by Gasteiger charge is -2.08. The number of rotatable bonds is 9. The van der Waals surface area contributed by atoms with Crippen LogP contribution in [0.1, 0.15) is 58.3 Å². The number of cyclic esters (lactones) is 1. The average Bonchev–Trinajstić information content (AvgIpc) is 2.93. The number of anilines is 1. The fourth-order valence-electron chi connectivity index (χ4n) is 2.95. The molecule has 0 saturated carbocycles. The van der Waals surface area contributed by atoms with Crippen molar-refractivity contribution < 1.29 is 14.3 Å². The lowest BCUT2D eigenvalue weighted by atomic mass is 10.00. The van der Waals surface area contributed by atoms with Gasteiger partial charge in [0, 0.05) is 12.1 Å². The molecule has 0 aromatic heterocycles. The second kappa shape index (κ2) is 9.33. The zero-order valence-electron chi connectivity index (χ0n) is 13.9. The molecular weight excluding hydrogens is 290 g/mol. The molecule has 1 fully saturated rings. The van der Waals surface area contributed by atoms with Crippen LogP contribution in [0.25, 0.3) is 0 Å². The van der Waals surface area contributed by atoms with E-state index in [0.29, 0.717) is 12.1 Å². The number of amides is 1. The number of para-hydroxylation sites is 1. The fourth-order valence-corrected chi connectivity index (χ4v) is 2.95. The minimum Gasteiger partial charge on any atom is -0.462 e. The number of carbonyl (C=O) groups is 2. The van der Waals surface area contributed by atoms with Crippen LogP contribution in [0, 0.1) is 5.92 Å². The highest BCUT2D eigenvalue weighted by Gasteiger charge is 2.39. The largest absolute Gasteiger partial charge is 0.462 e. The Morgan fingerprint density at radius 3 is 2.57 bits per heavy atom. The minimum atomic E-state index is -0.666. The highest BCUT2D eigenvalue weighted by Crippen LogP contribution is 2.26. The van der Waals surface area contributed by atoms with E-state index in [1.54, 1.807) is 0 Å². The molecule has 0 spiro atoms. The number of hydrogen-bond donors (Lipinski definition) is 1. The first-order valence-corrected chi connectivity index (χ1v) is 8.77. The Kier molecular flexibility index (Phi) is 7.11. The van der Waals surface area contributed by atoms with Crippen LogP contribution < -0.4 is 5.32 Å². The van der Waals surface area contributed by atoms with E-state index < -0.39 is 5.92 Å². The van der Waals surface area contributed by atoms with Crippen LogP contribution in [0.4, 0.5) is 5.69 Å². The topological polar surface area (TPSA) is 55.4 Å². The lowest BCUT2D eigenvalue weighted by molar-refractivity contribution is -0.146. The number of esters is 1. The summed E-state index contributed by atoms with van der Waals surface area (Å²) in [6, 6.07) is 9.21. The molecule has 1 N–H and O–H groups in total. The zero-order chi connectivity index (χ0) is 16.5. The normalized spacial score (nSPS) is 20.3. The summed E-state index contributed by atoms with van der Waals surface area (Å²) in [6.07, 6.45) is 8.58. The third kappa shape index (κ3) is 5.70. The van der Waals surface area contributed by atoms with Gasteiger partial charge in [-0.15, -0.1) is 0 Å². The van der Waals surface area contributed by atoms with Crippen LogP contribution in [0.2, 0.25) is 0 Å². The maximum Gasteiger partial charge on any atom is 0.318 e. The maximum absolute atomic E-state index is 12.2. The third-order valence-corrected chi connectivity index (χ3v) is 4.30. The predicted octanol–water partition coefficient (Wildman–Crippen LogP) is 4.31. The van der Waals surface area contributed by atoms with Gasteiger partial charge >= 0.3 is 5.97 Å². The van der Waals surface area contributed by atoms with Gasteiger partial charge < -0.3 is 10.1 Å². The monoisotopic (exact) mass is 317 g/mol. The highest BCUT2D eigenvalue weighted by atomic mass is 16.6. The standard InChI is InChI=1S/C19H27NO3/c1-2-3-4-5-6-10-13-16-14-17(19(22)23-16)18(21)20-15-11-8-7-9-12-15/h7-9,11-12,16-17H,2-6,10,13-14H2,1H3,(H,20,21)/t16-,17-/m1/s1. The summed E-state index contributed by atoms with van der Waals surface area (Å²) in [6.45, 7) is 2.21. The number of ether oxygens (including phenoxy) is 1. The SMILES string of the molecule is CCCCCCCC[C@@H]1C[C@H](C(=O)Nc2ccccc2)C(=O)O1. The molecule has 2 rings (SSSR count). The summed E-state index contributed by atoms with van der Waals surface area (Å²) in [5.74, 6) is -1.30. The van der Waals surface area contributed by atoms with Crippen LogP contribution >= 0.6 is 0 Å². The van der Waals surface area contributed by atoms with Gasteiger partial charge in [-0.05, 0) is 25.0 Å². The van der Waals surface area contributed by atoms with Crippen molar-refractivity contribution in [1.82, 2.24) is 0 Å². The Balaban J connectivity index is 1.71. The van der Waals surface area contributed by atoms with Gasteiger partial charge in [0.05, 0.1) is 0 Å². The smallest absolute Gasteiger partial charge is 0.318 e. The van der Waals surface area contributed by atoms with Gasteiger partial charge in [-0.2, -0.15) is 0 Å². The number of carbonyl (C=O) groups excluding carboxylic acids is 2. The number of nitrogens with one attached hydrogen (secondary N) is 1. The summed E-state index contributed by atoms with van der Waals surface area (Å²) in [5.41, 5.74) is 0.713. The van der Waals surface area contributed by atoms with E-state index >= 15 is 0 Å². The average molecular weight is 317 g/mol. The van der Waals surface area contributed by atoms with Gasteiger partial charge in [0.25, 0.3) is 0 Å². The van der Waals surface area contributed by atoms with Gasteiger partial charge in [-0.1, -0.05) is 57.2 Å². The van der Waals surface area contributed by atoms with Crippen molar-refractivity contribution in [2.24, 2.45) is 5.92 Å². The van der Waals surface area contributed by atoms with E-state index in [0.717, 1.165) is 12.8 Å². The van der Waals surface area contributed by atoms with Crippen LogP contribution in [0.15, 0.2) is 30.3 Å². The molecule has 0 radical (unpaired) electrons. The van der Waals surface area contributed by atoms with Crippen LogP contribution in [0.3, 0.4) is 0 Å². The number of benzene rings is 1. The molecule has 1 aliphatic heterocycles. The maximum atomic E-state index is 12.2. The quantitative estimate of drug-likeness (QED) is 0.419. The molecule has 1 aromatic rings. The molecule has 4 heteroatoms. The Labute approximate surface area is 138 Å². The van der Waals surface area contributed by atoms with Crippen molar-refractivity contribution >= 4 is 17.6 Å². The molecule has 0 bridgehead atoms. The van der Waals surface area contributed by atoms with Crippen molar-refractivity contribution in [2.45, 2.75) is 64.4 Å². The van der Waals surface area contributed by atoms with Crippen molar-refractivity contribution in [3.63, 3.8) is 0 Å². The molecule has 0 aliphatic carbocycles. The molecule has 1 aliphatic rings. The third-order valence-electron chi connectivity index (χ3n) is 4.30. The second-order valence-electron chi connectivity index (χ2n) is 6.26. The van der Waals surface area contributed by atoms with Gasteiger partial charge in [0.1, 0.15) is 12.0 Å². The van der Waals surface area contributed by atoms with Gasteiger partial charge in [0.2, 0.25) is 5.91 Å². The molecule has 1 heterocycles. The number of hydrogen-bond acceptors (Lipinski definition) is 3. The summed E-state index contributed by atoms with van der Waals surface area (Å²) >= 11 is 0. The summed E-state index contributed by atoms with van der Waals surface area (Å²) in [4.78, 5) is 24.1. The molecule has 1 aromatic carbocycles. The molecule has 1 saturated heterocycles. The molecular formula is C19H27NO3. The molecule has 1 amide bonds. The predicted molar refractivity (Wildman–Crippen MR) is 91.1 cm³/mol. The first-order valence-electron chi connectivity index (χ1n) is 8.77. The fraction of sp³-hybridized carbons (Fsp3) is 0.579. The van der Waals surface area contributed by atoms with Gasteiger partial charge in [-0.25, -0.2) is 0 Å². The van der Waals surface area contributed by atoms with E-state index in [2.05, 4.69) is 12.2 Å². The van der Waals surface area contributed by atoms with Crippen molar-refractivity contribution in [3.8, 4) is 0 Å². The first kappa shape index (κ1) is 17.5. The minimum absolute atomic E-state index is 0.0970. The molecule has 4 nitrogen and oxygen atoms in total. The summed E-state index contributed by atoms with van der Waals surface area (Å²) in [5, 5.41) is 2.79. The van der Waals surface area contributed by atoms with Gasteiger partial charge in [0.15, 0.2) is 0 Å². The first-order chi connectivity index (χ1) is 11.2. The van der Waals surface area contributed by atoms with Crippen LogP contribution in [0.5, 0.6) is 0 Å². The van der Waals surface area contributed by atoms with Crippen molar-refractivity contribution in [3.05, 3.63) is 30.3 Å². The summed E-state index contributed by atoms with van der Waals surface area (Å²) in [7, 11) is 0. The molecule has 126 valence electrons. The Hall–Kier alpha value is -1.84.